The van der Waals surface area contributed by atoms with Gasteiger partial charge in [0, 0.05) is 6.42 Å². The third-order valence-electron chi connectivity index (χ3n) is 3.09. The fraction of sp³-hybridized carbons (Fsp3) is 0.571. The first-order valence-corrected chi connectivity index (χ1v) is 6.29. The lowest BCUT2D eigenvalue weighted by Crippen LogP contribution is -2.40. The molecule has 0 spiro atoms. The summed E-state index contributed by atoms with van der Waals surface area (Å²) in [6.07, 6.45) is 2.65. The van der Waals surface area contributed by atoms with Crippen molar-refractivity contribution < 1.29 is 19.3 Å². The topological polar surface area (TPSA) is 47.9 Å². The van der Waals surface area contributed by atoms with Gasteiger partial charge in [0.25, 0.3) is 0 Å². The Morgan fingerprint density at radius 1 is 1.28 bits per heavy atom. The lowest BCUT2D eigenvalue weighted by molar-refractivity contribution is -0.251. The lowest BCUT2D eigenvalue weighted by Gasteiger charge is -2.31. The molecule has 1 atom stereocenters. The molecule has 100 valence electrons. The smallest absolute Gasteiger partial charge is 0.189 e. The van der Waals surface area contributed by atoms with Crippen molar-refractivity contribution in [1.29, 1.82) is 0 Å². The van der Waals surface area contributed by atoms with Gasteiger partial charge < -0.3 is 19.3 Å². The maximum absolute atomic E-state index is 10.1. The Balaban J connectivity index is 1.77. The summed E-state index contributed by atoms with van der Waals surface area (Å²) in [4.78, 5) is 0. The predicted octanol–water partition coefficient (Wildman–Crippen LogP) is 2.10. The minimum absolute atomic E-state index is 0.221. The Hall–Kier alpha value is -1.10. The molecule has 1 saturated heterocycles. The highest BCUT2D eigenvalue weighted by atomic mass is 16.6. The molecule has 1 aromatic rings. The van der Waals surface area contributed by atoms with Gasteiger partial charge in [-0.15, -0.1) is 0 Å². The van der Waals surface area contributed by atoms with Crippen LogP contribution in [0.4, 0.5) is 0 Å². The van der Waals surface area contributed by atoms with Crippen LogP contribution in [-0.4, -0.2) is 31.2 Å². The number of methoxy groups -OCH3 is 1. The highest BCUT2D eigenvalue weighted by molar-refractivity contribution is 5.26. The van der Waals surface area contributed by atoms with E-state index in [0.717, 1.165) is 24.2 Å². The fourth-order valence-corrected chi connectivity index (χ4v) is 2.00. The number of aliphatic hydroxyl groups is 1. The summed E-state index contributed by atoms with van der Waals surface area (Å²) in [5.74, 6) is -0.266. The molecule has 0 saturated carbocycles. The van der Waals surface area contributed by atoms with Gasteiger partial charge in [-0.2, -0.15) is 0 Å². The maximum atomic E-state index is 10.1. The number of rotatable bonds is 5. The third-order valence-corrected chi connectivity index (χ3v) is 3.09. The first-order chi connectivity index (χ1) is 8.72. The first-order valence-electron chi connectivity index (χ1n) is 6.29. The van der Waals surface area contributed by atoms with E-state index in [4.69, 9.17) is 14.2 Å². The number of benzene rings is 1. The molecule has 4 nitrogen and oxygen atoms in total. The normalized spacial score (nSPS) is 23.9. The second-order valence-electron chi connectivity index (χ2n) is 4.59. The van der Waals surface area contributed by atoms with Crippen LogP contribution >= 0.6 is 0 Å². The number of hydrogen-bond acceptors (Lipinski definition) is 4. The summed E-state index contributed by atoms with van der Waals surface area (Å²) < 4.78 is 16.0. The van der Waals surface area contributed by atoms with Gasteiger partial charge in [-0.05, 0) is 30.5 Å². The van der Waals surface area contributed by atoms with E-state index in [1.54, 1.807) is 7.11 Å². The summed E-state index contributed by atoms with van der Waals surface area (Å²) in [5.41, 5.74) is 1.05. The Morgan fingerprint density at radius 3 is 2.67 bits per heavy atom. The zero-order valence-corrected chi connectivity index (χ0v) is 10.7. The summed E-state index contributed by atoms with van der Waals surface area (Å²) in [7, 11) is 1.64. The molecule has 0 aromatic heterocycles. The summed E-state index contributed by atoms with van der Waals surface area (Å²) in [6.45, 7) is 1.30. The van der Waals surface area contributed by atoms with E-state index >= 15 is 0 Å². The van der Waals surface area contributed by atoms with Crippen LogP contribution in [0.2, 0.25) is 0 Å². The van der Waals surface area contributed by atoms with Gasteiger partial charge in [-0.1, -0.05) is 12.1 Å². The van der Waals surface area contributed by atoms with Crippen LogP contribution in [0, 0.1) is 0 Å². The van der Waals surface area contributed by atoms with Gasteiger partial charge in [-0.3, -0.25) is 0 Å². The fourth-order valence-electron chi connectivity index (χ4n) is 2.00. The van der Waals surface area contributed by atoms with E-state index in [1.165, 1.54) is 0 Å². The van der Waals surface area contributed by atoms with Crippen molar-refractivity contribution in [3.8, 4) is 5.75 Å². The second kappa shape index (κ2) is 6.18. The van der Waals surface area contributed by atoms with Crippen molar-refractivity contribution in [2.75, 3.05) is 20.3 Å². The molecule has 2 rings (SSSR count). The van der Waals surface area contributed by atoms with E-state index in [9.17, 15) is 5.11 Å². The number of hydrogen-bond donors (Lipinski definition) is 1. The van der Waals surface area contributed by atoms with Crippen LogP contribution in [0.1, 0.15) is 24.8 Å². The average molecular weight is 252 g/mol. The second-order valence-corrected chi connectivity index (χ2v) is 4.59. The van der Waals surface area contributed by atoms with Gasteiger partial charge in [-0.25, -0.2) is 0 Å². The molecule has 0 radical (unpaired) electrons. The van der Waals surface area contributed by atoms with Crippen molar-refractivity contribution in [2.24, 2.45) is 0 Å². The average Bonchev–Trinajstić information content (AvgIpc) is 2.40. The minimum atomic E-state index is -1.09. The Morgan fingerprint density at radius 2 is 2.06 bits per heavy atom. The largest absolute Gasteiger partial charge is 0.497 e. The zero-order valence-electron chi connectivity index (χ0n) is 10.7. The summed E-state index contributed by atoms with van der Waals surface area (Å²) in [6, 6.07) is 7.68. The molecular weight excluding hydrogens is 232 g/mol. The molecule has 1 aliphatic heterocycles. The van der Waals surface area contributed by atoms with Crippen LogP contribution in [-0.2, 0) is 16.1 Å². The van der Waals surface area contributed by atoms with Gasteiger partial charge in [0.05, 0.1) is 20.3 Å². The molecule has 1 unspecified atom stereocenters. The van der Waals surface area contributed by atoms with E-state index in [-0.39, 0.29) is 6.61 Å². The molecule has 0 aliphatic carbocycles. The standard InChI is InChI=1S/C14H20O4/c1-16-13-6-4-12(5-7-13)10-17-11-14(15)8-2-3-9-18-14/h4-7,15H,2-3,8-11H2,1H3. The van der Waals surface area contributed by atoms with Crippen LogP contribution in [0.15, 0.2) is 24.3 Å². The van der Waals surface area contributed by atoms with Crippen LogP contribution < -0.4 is 4.74 Å². The van der Waals surface area contributed by atoms with E-state index in [1.807, 2.05) is 24.3 Å². The van der Waals surface area contributed by atoms with Crippen LogP contribution in [0.3, 0.4) is 0 Å². The summed E-state index contributed by atoms with van der Waals surface area (Å²) >= 11 is 0. The SMILES string of the molecule is COc1ccc(COCC2(O)CCCCO2)cc1. The predicted molar refractivity (Wildman–Crippen MR) is 67.4 cm³/mol. The molecule has 18 heavy (non-hydrogen) atoms. The highest BCUT2D eigenvalue weighted by Gasteiger charge is 2.30. The Labute approximate surface area is 107 Å². The molecule has 1 heterocycles. The maximum Gasteiger partial charge on any atom is 0.189 e. The van der Waals surface area contributed by atoms with Crippen molar-refractivity contribution in [1.82, 2.24) is 0 Å². The van der Waals surface area contributed by atoms with E-state index in [2.05, 4.69) is 0 Å². The molecule has 4 heteroatoms. The molecular formula is C14H20O4. The van der Waals surface area contributed by atoms with Gasteiger partial charge in [0.1, 0.15) is 12.4 Å². The van der Waals surface area contributed by atoms with Crippen molar-refractivity contribution in [3.05, 3.63) is 29.8 Å². The van der Waals surface area contributed by atoms with Crippen molar-refractivity contribution >= 4 is 0 Å². The molecule has 0 bridgehead atoms. The monoisotopic (exact) mass is 252 g/mol. The lowest BCUT2D eigenvalue weighted by atomic mass is 10.1. The zero-order chi connectivity index (χ0) is 12.8. The molecule has 0 amide bonds. The Bertz CT molecular complexity index is 355. The van der Waals surface area contributed by atoms with E-state index in [0.29, 0.717) is 19.6 Å². The molecule has 1 N–H and O–H groups in total. The third kappa shape index (κ3) is 3.70. The van der Waals surface area contributed by atoms with E-state index < -0.39 is 5.79 Å². The van der Waals surface area contributed by atoms with Gasteiger partial charge >= 0.3 is 0 Å². The van der Waals surface area contributed by atoms with Crippen molar-refractivity contribution in [3.63, 3.8) is 0 Å². The minimum Gasteiger partial charge on any atom is -0.497 e. The summed E-state index contributed by atoms with van der Waals surface area (Å²) in [5, 5.41) is 10.1. The van der Waals surface area contributed by atoms with Gasteiger partial charge in [0.2, 0.25) is 0 Å². The van der Waals surface area contributed by atoms with Crippen LogP contribution in [0.25, 0.3) is 0 Å². The molecule has 1 aliphatic rings. The van der Waals surface area contributed by atoms with Crippen molar-refractivity contribution in [2.45, 2.75) is 31.7 Å². The number of ether oxygens (including phenoxy) is 3. The molecule has 1 aromatic carbocycles. The quantitative estimate of drug-likeness (QED) is 0.871. The van der Waals surface area contributed by atoms with Crippen LogP contribution in [0.5, 0.6) is 5.75 Å². The molecule has 1 fully saturated rings. The highest BCUT2D eigenvalue weighted by Crippen LogP contribution is 2.22. The first kappa shape index (κ1) is 13.3. The Kier molecular flexibility index (Phi) is 4.58. The van der Waals surface area contributed by atoms with Gasteiger partial charge in [0.15, 0.2) is 5.79 Å².